The number of aliphatic hydroxyl groups is 1. The van der Waals surface area contributed by atoms with Crippen LogP contribution in [0.3, 0.4) is 0 Å². The average Bonchev–Trinajstić information content (AvgIpc) is 2.20. The molecule has 0 aliphatic heterocycles. The lowest BCUT2D eigenvalue weighted by Gasteiger charge is -2.27. The summed E-state index contributed by atoms with van der Waals surface area (Å²) in [4.78, 5) is 21.8. The van der Waals surface area contributed by atoms with Crippen LogP contribution in [0, 0.1) is 0 Å². The molecule has 92 valence electrons. The number of nitrogens with two attached hydrogens (primary N) is 1. The highest BCUT2D eigenvalue weighted by molar-refractivity contribution is 5.86. The highest BCUT2D eigenvalue weighted by Gasteiger charge is 2.24. The van der Waals surface area contributed by atoms with Gasteiger partial charge in [0.2, 0.25) is 5.91 Å². The van der Waals surface area contributed by atoms with E-state index >= 15 is 0 Å². The Morgan fingerprint density at radius 3 is 2.38 bits per heavy atom. The van der Waals surface area contributed by atoms with E-state index in [0.29, 0.717) is 25.7 Å². The Morgan fingerprint density at radius 2 is 1.88 bits per heavy atom. The number of hydrogen-bond acceptors (Lipinski definition) is 4. The van der Waals surface area contributed by atoms with E-state index in [4.69, 9.17) is 10.8 Å². The van der Waals surface area contributed by atoms with E-state index in [0.717, 1.165) is 0 Å². The van der Waals surface area contributed by atoms with Crippen LogP contribution in [0.4, 0.5) is 0 Å². The van der Waals surface area contributed by atoms with Gasteiger partial charge in [0.15, 0.2) is 0 Å². The number of aliphatic carboxylic acids is 1. The van der Waals surface area contributed by atoms with Gasteiger partial charge in [0, 0.05) is 6.04 Å². The molecule has 1 saturated carbocycles. The number of carboxylic acids is 1. The molecule has 16 heavy (non-hydrogen) atoms. The fourth-order valence-corrected chi connectivity index (χ4v) is 1.81. The zero-order valence-electron chi connectivity index (χ0n) is 9.06. The van der Waals surface area contributed by atoms with Crippen molar-refractivity contribution in [3.05, 3.63) is 0 Å². The SMILES string of the molecule is NC(CC(=O)O)C(=O)NC1CCC(O)CC1. The van der Waals surface area contributed by atoms with Gasteiger partial charge >= 0.3 is 5.97 Å². The van der Waals surface area contributed by atoms with E-state index in [1.807, 2.05) is 0 Å². The van der Waals surface area contributed by atoms with Crippen LogP contribution in [-0.4, -0.2) is 40.3 Å². The van der Waals surface area contributed by atoms with Gasteiger partial charge in [0.1, 0.15) is 0 Å². The van der Waals surface area contributed by atoms with Crippen LogP contribution in [0.25, 0.3) is 0 Å². The maximum atomic E-state index is 11.5. The number of hydrogen-bond donors (Lipinski definition) is 4. The van der Waals surface area contributed by atoms with Crippen LogP contribution in [0.2, 0.25) is 0 Å². The van der Waals surface area contributed by atoms with Gasteiger partial charge in [-0.05, 0) is 25.7 Å². The van der Waals surface area contributed by atoms with Gasteiger partial charge in [-0.15, -0.1) is 0 Å². The third kappa shape index (κ3) is 4.16. The van der Waals surface area contributed by atoms with Crippen molar-refractivity contribution in [1.82, 2.24) is 5.32 Å². The van der Waals surface area contributed by atoms with Crippen molar-refractivity contribution >= 4 is 11.9 Å². The molecule has 0 spiro atoms. The van der Waals surface area contributed by atoms with E-state index in [2.05, 4.69) is 5.32 Å². The summed E-state index contributed by atoms with van der Waals surface area (Å²) in [6.45, 7) is 0. The number of amides is 1. The number of rotatable bonds is 4. The van der Waals surface area contributed by atoms with Crippen molar-refractivity contribution in [2.24, 2.45) is 5.73 Å². The summed E-state index contributed by atoms with van der Waals surface area (Å²) in [5.74, 6) is -1.51. The van der Waals surface area contributed by atoms with Gasteiger partial charge in [0.25, 0.3) is 0 Å². The lowest BCUT2D eigenvalue weighted by molar-refractivity contribution is -0.139. The van der Waals surface area contributed by atoms with Gasteiger partial charge in [-0.25, -0.2) is 0 Å². The van der Waals surface area contributed by atoms with E-state index < -0.39 is 17.9 Å². The molecule has 1 rings (SSSR count). The van der Waals surface area contributed by atoms with Crippen LogP contribution in [0.5, 0.6) is 0 Å². The number of carbonyl (C=O) groups excluding carboxylic acids is 1. The number of aliphatic hydroxyl groups excluding tert-OH is 1. The number of nitrogens with one attached hydrogen (secondary N) is 1. The topological polar surface area (TPSA) is 113 Å². The Morgan fingerprint density at radius 1 is 1.31 bits per heavy atom. The smallest absolute Gasteiger partial charge is 0.305 e. The maximum Gasteiger partial charge on any atom is 0.305 e. The summed E-state index contributed by atoms with van der Waals surface area (Å²) in [7, 11) is 0. The van der Waals surface area contributed by atoms with Gasteiger partial charge in [-0.1, -0.05) is 0 Å². The van der Waals surface area contributed by atoms with E-state index in [-0.39, 0.29) is 18.6 Å². The highest BCUT2D eigenvalue weighted by Crippen LogP contribution is 2.18. The normalized spacial score (nSPS) is 27.1. The van der Waals surface area contributed by atoms with Crippen molar-refractivity contribution < 1.29 is 19.8 Å². The molecule has 0 radical (unpaired) electrons. The Kier molecular flexibility index (Phi) is 4.70. The van der Waals surface area contributed by atoms with Crippen molar-refractivity contribution in [2.45, 2.75) is 50.3 Å². The first kappa shape index (κ1) is 12.9. The third-order valence-electron chi connectivity index (χ3n) is 2.77. The summed E-state index contributed by atoms with van der Waals surface area (Å²) in [5, 5.41) is 20.5. The summed E-state index contributed by atoms with van der Waals surface area (Å²) in [6.07, 6.45) is 2.12. The standard InChI is InChI=1S/C10H18N2O4/c11-8(5-9(14)15)10(16)12-6-1-3-7(13)4-2-6/h6-8,13H,1-5,11H2,(H,12,16)(H,14,15). The lowest BCUT2D eigenvalue weighted by Crippen LogP contribution is -2.47. The van der Waals surface area contributed by atoms with E-state index in [1.165, 1.54) is 0 Å². The zero-order chi connectivity index (χ0) is 12.1. The Bertz CT molecular complexity index is 262. The Hall–Kier alpha value is -1.14. The molecule has 0 aromatic carbocycles. The monoisotopic (exact) mass is 230 g/mol. The molecule has 1 aliphatic rings. The quantitative estimate of drug-likeness (QED) is 0.505. The fourth-order valence-electron chi connectivity index (χ4n) is 1.81. The predicted molar refractivity (Wildman–Crippen MR) is 56.6 cm³/mol. The zero-order valence-corrected chi connectivity index (χ0v) is 9.06. The predicted octanol–water partition coefficient (Wildman–Crippen LogP) is -0.792. The molecule has 1 unspecified atom stereocenters. The molecule has 1 fully saturated rings. The molecule has 1 aliphatic carbocycles. The summed E-state index contributed by atoms with van der Waals surface area (Å²) >= 11 is 0. The molecule has 5 N–H and O–H groups in total. The number of carbonyl (C=O) groups is 2. The van der Waals surface area contributed by atoms with Crippen LogP contribution in [-0.2, 0) is 9.59 Å². The van der Waals surface area contributed by atoms with Crippen molar-refractivity contribution in [3.63, 3.8) is 0 Å². The molecule has 0 saturated heterocycles. The second-order valence-electron chi connectivity index (χ2n) is 4.22. The molecule has 6 nitrogen and oxygen atoms in total. The molecule has 1 amide bonds. The molecule has 6 heteroatoms. The molecule has 0 aromatic rings. The third-order valence-corrected chi connectivity index (χ3v) is 2.77. The lowest BCUT2D eigenvalue weighted by atomic mass is 9.93. The second kappa shape index (κ2) is 5.81. The first-order chi connectivity index (χ1) is 7.49. The molecule has 1 atom stereocenters. The van der Waals surface area contributed by atoms with Crippen LogP contribution in [0.1, 0.15) is 32.1 Å². The Balaban J connectivity index is 2.31. The molecule has 0 bridgehead atoms. The average molecular weight is 230 g/mol. The first-order valence-electron chi connectivity index (χ1n) is 5.45. The molecule has 0 heterocycles. The van der Waals surface area contributed by atoms with Gasteiger partial charge in [-0.3, -0.25) is 9.59 Å². The minimum absolute atomic E-state index is 0.00995. The van der Waals surface area contributed by atoms with E-state index in [9.17, 15) is 14.7 Å². The summed E-state index contributed by atoms with van der Waals surface area (Å²) in [5.41, 5.74) is 5.42. The van der Waals surface area contributed by atoms with E-state index in [1.54, 1.807) is 0 Å². The first-order valence-corrected chi connectivity index (χ1v) is 5.45. The van der Waals surface area contributed by atoms with Gasteiger partial charge in [-0.2, -0.15) is 0 Å². The molecular weight excluding hydrogens is 212 g/mol. The Labute approximate surface area is 93.8 Å². The van der Waals surface area contributed by atoms with Crippen LogP contribution >= 0.6 is 0 Å². The van der Waals surface area contributed by atoms with Crippen molar-refractivity contribution in [1.29, 1.82) is 0 Å². The minimum Gasteiger partial charge on any atom is -0.481 e. The maximum absolute atomic E-state index is 11.5. The van der Waals surface area contributed by atoms with Gasteiger partial charge in [0.05, 0.1) is 18.6 Å². The second-order valence-corrected chi connectivity index (χ2v) is 4.22. The highest BCUT2D eigenvalue weighted by atomic mass is 16.4. The van der Waals surface area contributed by atoms with Crippen molar-refractivity contribution in [3.8, 4) is 0 Å². The fraction of sp³-hybridized carbons (Fsp3) is 0.800. The largest absolute Gasteiger partial charge is 0.481 e. The minimum atomic E-state index is -1.08. The number of carboxylic acid groups (broad SMARTS) is 1. The van der Waals surface area contributed by atoms with Crippen LogP contribution in [0.15, 0.2) is 0 Å². The molecule has 0 aromatic heterocycles. The summed E-state index contributed by atoms with van der Waals surface area (Å²) < 4.78 is 0. The van der Waals surface area contributed by atoms with Gasteiger partial charge < -0.3 is 21.3 Å². The van der Waals surface area contributed by atoms with Crippen LogP contribution < -0.4 is 11.1 Å². The van der Waals surface area contributed by atoms with Crippen molar-refractivity contribution in [2.75, 3.05) is 0 Å². The summed E-state index contributed by atoms with van der Waals surface area (Å²) in [6, 6.07) is -0.986. The molecular formula is C10H18N2O4.